The monoisotopic (exact) mass is 349 g/mol. The minimum absolute atomic E-state index is 0.139. The molecule has 0 atom stereocenters. The number of pyridine rings is 1. The van der Waals surface area contributed by atoms with Gasteiger partial charge in [-0.2, -0.15) is 4.98 Å². The topological polar surface area (TPSA) is 83.0 Å². The van der Waals surface area contributed by atoms with Crippen LogP contribution in [0.2, 0.25) is 0 Å². The molecule has 2 aromatic heterocycles. The fourth-order valence-corrected chi connectivity index (χ4v) is 2.52. The number of aliphatic hydroxyl groups is 1. The van der Waals surface area contributed by atoms with Crippen LogP contribution in [0.15, 0.2) is 60.8 Å². The van der Waals surface area contributed by atoms with Crippen LogP contribution in [0.1, 0.15) is 12.1 Å². The first-order chi connectivity index (χ1) is 12.8. The van der Waals surface area contributed by atoms with Crippen LogP contribution >= 0.6 is 0 Å². The average molecular weight is 349 g/mol. The van der Waals surface area contributed by atoms with Gasteiger partial charge in [-0.1, -0.05) is 36.4 Å². The van der Waals surface area contributed by atoms with Crippen molar-refractivity contribution < 1.29 is 5.11 Å². The first-order valence-electron chi connectivity index (χ1n) is 8.78. The number of hydrogen-bond acceptors (Lipinski definition) is 6. The van der Waals surface area contributed by atoms with Gasteiger partial charge >= 0.3 is 0 Å². The second-order valence-corrected chi connectivity index (χ2v) is 5.83. The van der Waals surface area contributed by atoms with E-state index in [1.165, 1.54) is 0 Å². The van der Waals surface area contributed by atoms with Gasteiger partial charge in [-0.05, 0) is 18.6 Å². The maximum atomic E-state index is 8.96. The van der Waals surface area contributed by atoms with E-state index < -0.39 is 0 Å². The molecule has 0 fully saturated rings. The highest BCUT2D eigenvalue weighted by atomic mass is 16.3. The van der Waals surface area contributed by atoms with Gasteiger partial charge < -0.3 is 15.7 Å². The molecule has 0 radical (unpaired) electrons. The molecule has 0 bridgehead atoms. The van der Waals surface area contributed by atoms with Crippen LogP contribution in [0.25, 0.3) is 11.3 Å². The minimum Gasteiger partial charge on any atom is -0.396 e. The molecule has 134 valence electrons. The van der Waals surface area contributed by atoms with Crippen LogP contribution in [0, 0.1) is 0 Å². The zero-order valence-electron chi connectivity index (χ0n) is 14.6. The number of nitrogens with zero attached hydrogens (tertiary/aromatic N) is 3. The van der Waals surface area contributed by atoms with Crippen LogP contribution in [-0.4, -0.2) is 39.8 Å². The standard InChI is InChI=1S/C20H23N5O/c26-14-6-12-23-20-24-18(16-7-2-1-3-8-16)15-19(25-20)22-13-10-17-9-4-5-11-21-17/h1-5,7-9,11,15,26H,6,10,12-14H2,(H2,22,23,24,25). The molecule has 2 heterocycles. The highest BCUT2D eigenvalue weighted by Crippen LogP contribution is 2.21. The Balaban J connectivity index is 1.73. The number of nitrogens with one attached hydrogen (secondary N) is 2. The first kappa shape index (κ1) is 17.8. The molecule has 6 heteroatoms. The SMILES string of the molecule is OCCCNc1nc(NCCc2ccccn2)cc(-c2ccccc2)n1. The van der Waals surface area contributed by atoms with Crippen LogP contribution < -0.4 is 10.6 Å². The molecule has 3 aromatic rings. The molecule has 0 spiro atoms. The first-order valence-corrected chi connectivity index (χ1v) is 8.78. The zero-order valence-corrected chi connectivity index (χ0v) is 14.6. The van der Waals surface area contributed by atoms with Gasteiger partial charge in [0.1, 0.15) is 5.82 Å². The quantitative estimate of drug-likeness (QED) is 0.515. The van der Waals surface area contributed by atoms with Crippen molar-refractivity contribution in [2.24, 2.45) is 0 Å². The summed E-state index contributed by atoms with van der Waals surface area (Å²) >= 11 is 0. The maximum absolute atomic E-state index is 8.96. The maximum Gasteiger partial charge on any atom is 0.225 e. The lowest BCUT2D eigenvalue weighted by Crippen LogP contribution is -2.11. The molecule has 1 aromatic carbocycles. The lowest BCUT2D eigenvalue weighted by molar-refractivity contribution is 0.292. The predicted molar refractivity (Wildman–Crippen MR) is 104 cm³/mol. The highest BCUT2D eigenvalue weighted by Gasteiger charge is 2.06. The van der Waals surface area contributed by atoms with Crippen molar-refractivity contribution in [3.8, 4) is 11.3 Å². The largest absolute Gasteiger partial charge is 0.396 e. The summed E-state index contributed by atoms with van der Waals surface area (Å²) in [7, 11) is 0. The third-order valence-electron chi connectivity index (χ3n) is 3.83. The van der Waals surface area contributed by atoms with E-state index in [1.807, 2.05) is 54.6 Å². The van der Waals surface area contributed by atoms with Crippen LogP contribution in [-0.2, 0) is 6.42 Å². The summed E-state index contributed by atoms with van der Waals surface area (Å²) in [6, 6.07) is 17.9. The van der Waals surface area contributed by atoms with E-state index in [0.717, 1.165) is 35.7 Å². The molecule has 0 saturated carbocycles. The molecule has 0 aliphatic carbocycles. The number of rotatable bonds is 9. The van der Waals surface area contributed by atoms with Gasteiger partial charge in [-0.15, -0.1) is 0 Å². The van der Waals surface area contributed by atoms with E-state index in [2.05, 4.69) is 25.6 Å². The highest BCUT2D eigenvalue weighted by molar-refractivity contribution is 5.64. The molecule has 3 N–H and O–H groups in total. The summed E-state index contributed by atoms with van der Waals surface area (Å²) in [6.07, 6.45) is 3.27. The zero-order chi connectivity index (χ0) is 18.0. The molecule has 3 rings (SSSR count). The number of benzene rings is 1. The summed E-state index contributed by atoms with van der Waals surface area (Å²) in [5.74, 6) is 1.32. The van der Waals surface area contributed by atoms with E-state index in [1.54, 1.807) is 6.20 Å². The molecule has 26 heavy (non-hydrogen) atoms. The van der Waals surface area contributed by atoms with Crippen molar-refractivity contribution in [3.05, 3.63) is 66.5 Å². The molecule has 6 nitrogen and oxygen atoms in total. The van der Waals surface area contributed by atoms with Gasteiger partial charge in [0.2, 0.25) is 5.95 Å². The summed E-state index contributed by atoms with van der Waals surface area (Å²) in [4.78, 5) is 13.4. The summed E-state index contributed by atoms with van der Waals surface area (Å²) in [6.45, 7) is 1.50. The molecule has 0 aliphatic rings. The second-order valence-electron chi connectivity index (χ2n) is 5.83. The van der Waals surface area contributed by atoms with E-state index in [9.17, 15) is 0 Å². The van der Waals surface area contributed by atoms with E-state index in [4.69, 9.17) is 5.11 Å². The van der Waals surface area contributed by atoms with Gasteiger partial charge in [0.25, 0.3) is 0 Å². The summed E-state index contributed by atoms with van der Waals surface area (Å²) < 4.78 is 0. The normalized spacial score (nSPS) is 10.5. The van der Waals surface area contributed by atoms with Crippen molar-refractivity contribution >= 4 is 11.8 Å². The van der Waals surface area contributed by atoms with Crippen LogP contribution in [0.5, 0.6) is 0 Å². The Labute approximate surface area is 153 Å². The van der Waals surface area contributed by atoms with Gasteiger partial charge in [0, 0.05) is 49.6 Å². The Hall–Kier alpha value is -2.99. The Bertz CT molecular complexity index is 796. The van der Waals surface area contributed by atoms with Crippen molar-refractivity contribution in [1.82, 2.24) is 15.0 Å². The van der Waals surface area contributed by atoms with E-state index >= 15 is 0 Å². The van der Waals surface area contributed by atoms with Gasteiger partial charge in [0.05, 0.1) is 5.69 Å². The fraction of sp³-hybridized carbons (Fsp3) is 0.250. The summed E-state index contributed by atoms with van der Waals surface area (Å²) in [5.41, 5.74) is 2.93. The average Bonchev–Trinajstić information content (AvgIpc) is 2.70. The van der Waals surface area contributed by atoms with E-state index in [0.29, 0.717) is 18.9 Å². The number of aromatic nitrogens is 3. The number of anilines is 2. The molecular formula is C20H23N5O. The van der Waals surface area contributed by atoms with Crippen LogP contribution in [0.3, 0.4) is 0 Å². The molecule has 0 unspecified atom stereocenters. The summed E-state index contributed by atoms with van der Waals surface area (Å²) in [5, 5.41) is 15.5. The Kier molecular flexibility index (Phi) is 6.50. The van der Waals surface area contributed by atoms with Crippen molar-refractivity contribution in [3.63, 3.8) is 0 Å². The van der Waals surface area contributed by atoms with Gasteiger partial charge in [-0.25, -0.2) is 4.98 Å². The lowest BCUT2D eigenvalue weighted by atomic mass is 10.1. The Morgan fingerprint density at radius 1 is 0.885 bits per heavy atom. The molecular weight excluding hydrogens is 326 g/mol. The van der Waals surface area contributed by atoms with Gasteiger partial charge in [-0.3, -0.25) is 4.98 Å². The Morgan fingerprint density at radius 2 is 1.73 bits per heavy atom. The van der Waals surface area contributed by atoms with Crippen LogP contribution in [0.4, 0.5) is 11.8 Å². The van der Waals surface area contributed by atoms with Crippen molar-refractivity contribution in [1.29, 1.82) is 0 Å². The van der Waals surface area contributed by atoms with E-state index in [-0.39, 0.29) is 6.61 Å². The van der Waals surface area contributed by atoms with Crippen molar-refractivity contribution in [2.45, 2.75) is 12.8 Å². The molecule has 0 amide bonds. The van der Waals surface area contributed by atoms with Gasteiger partial charge in [0.15, 0.2) is 0 Å². The Morgan fingerprint density at radius 3 is 2.50 bits per heavy atom. The number of hydrogen-bond donors (Lipinski definition) is 3. The smallest absolute Gasteiger partial charge is 0.225 e. The second kappa shape index (κ2) is 9.48. The lowest BCUT2D eigenvalue weighted by Gasteiger charge is -2.11. The predicted octanol–water partition coefficient (Wildman–Crippen LogP) is 2.99. The van der Waals surface area contributed by atoms with Crippen molar-refractivity contribution in [2.75, 3.05) is 30.3 Å². The molecule has 0 aliphatic heterocycles. The fourth-order valence-electron chi connectivity index (χ4n) is 2.52. The molecule has 0 saturated heterocycles. The third-order valence-corrected chi connectivity index (χ3v) is 3.83. The third kappa shape index (κ3) is 5.26. The minimum atomic E-state index is 0.139. The number of aliphatic hydroxyl groups excluding tert-OH is 1.